The average molecular weight is 289 g/mol. The Kier molecular flexibility index (Phi) is 4.75. The van der Waals surface area contributed by atoms with Gasteiger partial charge in [-0.1, -0.05) is 30.3 Å². The highest BCUT2D eigenvalue weighted by Gasteiger charge is 2.34. The first-order valence-corrected chi connectivity index (χ1v) is 6.96. The molecule has 112 valence electrons. The number of aliphatic hydroxyl groups excluding tert-OH is 1. The molecule has 1 aromatic carbocycles. The molecule has 2 atom stereocenters. The molecule has 0 saturated carbocycles. The van der Waals surface area contributed by atoms with Crippen LogP contribution in [0.5, 0.6) is 0 Å². The highest BCUT2D eigenvalue weighted by molar-refractivity contribution is 5.95. The molecule has 1 fully saturated rings. The third kappa shape index (κ3) is 3.49. The fraction of sp³-hybridized carbons (Fsp3) is 0.375. The lowest BCUT2D eigenvalue weighted by molar-refractivity contribution is -0.146. The van der Waals surface area contributed by atoms with E-state index in [1.54, 1.807) is 19.1 Å². The highest BCUT2D eigenvalue weighted by Crippen LogP contribution is 2.22. The molecule has 0 aromatic heterocycles. The lowest BCUT2D eigenvalue weighted by atomic mass is 10.1. The molecule has 1 heterocycles. The van der Waals surface area contributed by atoms with Gasteiger partial charge in [0.15, 0.2) is 0 Å². The van der Waals surface area contributed by atoms with Crippen molar-refractivity contribution in [3.05, 3.63) is 47.5 Å². The van der Waals surface area contributed by atoms with Crippen LogP contribution in [0.3, 0.4) is 0 Å². The predicted molar refractivity (Wildman–Crippen MR) is 77.5 cm³/mol. The number of carboxylic acid groups (broad SMARTS) is 1. The molecule has 0 unspecified atom stereocenters. The van der Waals surface area contributed by atoms with Gasteiger partial charge in [-0.15, -0.1) is 0 Å². The number of rotatable bonds is 4. The molecule has 5 nitrogen and oxygen atoms in total. The maximum absolute atomic E-state index is 12.3. The fourth-order valence-corrected chi connectivity index (χ4v) is 2.55. The molecule has 1 aliphatic heterocycles. The Balaban J connectivity index is 2.11. The molecule has 5 heteroatoms. The van der Waals surface area contributed by atoms with Gasteiger partial charge >= 0.3 is 5.97 Å². The van der Waals surface area contributed by atoms with Gasteiger partial charge in [0, 0.05) is 12.1 Å². The van der Waals surface area contributed by atoms with E-state index in [0.29, 0.717) is 30.5 Å². The zero-order valence-electron chi connectivity index (χ0n) is 11.9. The number of aliphatic hydroxyl groups is 1. The van der Waals surface area contributed by atoms with Gasteiger partial charge in [0.2, 0.25) is 5.91 Å². The van der Waals surface area contributed by atoms with Crippen LogP contribution in [0.1, 0.15) is 31.4 Å². The van der Waals surface area contributed by atoms with Crippen molar-refractivity contribution in [3.8, 4) is 0 Å². The van der Waals surface area contributed by atoms with Gasteiger partial charge in [0.1, 0.15) is 6.04 Å². The molecule has 21 heavy (non-hydrogen) atoms. The van der Waals surface area contributed by atoms with Crippen LogP contribution in [0.25, 0.3) is 0 Å². The van der Waals surface area contributed by atoms with Crippen molar-refractivity contribution in [2.45, 2.75) is 31.9 Å². The zero-order valence-corrected chi connectivity index (χ0v) is 11.9. The van der Waals surface area contributed by atoms with E-state index in [0.717, 1.165) is 0 Å². The van der Waals surface area contributed by atoms with E-state index in [2.05, 4.69) is 0 Å². The third-order valence-corrected chi connectivity index (χ3v) is 3.69. The van der Waals surface area contributed by atoms with E-state index < -0.39 is 18.1 Å². The summed E-state index contributed by atoms with van der Waals surface area (Å²) in [5.41, 5.74) is 1.06. The summed E-state index contributed by atoms with van der Waals surface area (Å²) in [5, 5.41) is 19.2. The van der Waals surface area contributed by atoms with Gasteiger partial charge in [0.25, 0.3) is 0 Å². The van der Waals surface area contributed by atoms with Crippen molar-refractivity contribution < 1.29 is 19.8 Å². The summed E-state index contributed by atoms with van der Waals surface area (Å²) in [6.45, 7) is 2.05. The Morgan fingerprint density at radius 2 is 2.00 bits per heavy atom. The number of nitrogens with zero attached hydrogens (tertiary/aromatic N) is 1. The molecule has 2 N–H and O–H groups in total. The summed E-state index contributed by atoms with van der Waals surface area (Å²) in [7, 11) is 0. The number of carbonyl (C=O) groups excluding carboxylic acids is 1. The minimum Gasteiger partial charge on any atom is -0.480 e. The molecule has 2 rings (SSSR count). The van der Waals surface area contributed by atoms with Crippen LogP contribution in [0.2, 0.25) is 0 Å². The predicted octanol–water partition coefficient (Wildman–Crippen LogP) is 1.74. The van der Waals surface area contributed by atoms with Crippen molar-refractivity contribution in [2.75, 3.05) is 6.54 Å². The number of likely N-dealkylation sites (tertiary alicyclic amines) is 1. The minimum atomic E-state index is -0.975. The fourth-order valence-electron chi connectivity index (χ4n) is 2.55. The maximum atomic E-state index is 12.3. The van der Waals surface area contributed by atoms with Gasteiger partial charge in [-0.25, -0.2) is 4.79 Å². The Bertz CT molecular complexity index is 553. The van der Waals surface area contributed by atoms with E-state index in [4.69, 9.17) is 5.11 Å². The number of hydrogen-bond donors (Lipinski definition) is 2. The van der Waals surface area contributed by atoms with Crippen molar-refractivity contribution >= 4 is 11.9 Å². The summed E-state index contributed by atoms with van der Waals surface area (Å²) in [5.74, 6) is -1.30. The number of hydrogen-bond acceptors (Lipinski definition) is 3. The van der Waals surface area contributed by atoms with Crippen molar-refractivity contribution in [2.24, 2.45) is 0 Å². The van der Waals surface area contributed by atoms with E-state index in [1.165, 1.54) is 11.0 Å². The van der Waals surface area contributed by atoms with E-state index >= 15 is 0 Å². The van der Waals surface area contributed by atoms with Crippen LogP contribution >= 0.6 is 0 Å². The van der Waals surface area contributed by atoms with Gasteiger partial charge in [0.05, 0.1) is 6.10 Å². The lowest BCUT2D eigenvalue weighted by Gasteiger charge is -2.22. The second-order valence-corrected chi connectivity index (χ2v) is 5.20. The summed E-state index contributed by atoms with van der Waals surface area (Å²) < 4.78 is 0. The topological polar surface area (TPSA) is 77.8 Å². The second kappa shape index (κ2) is 6.54. The molecule has 0 radical (unpaired) electrons. The Labute approximate surface area is 123 Å². The molecule has 1 aliphatic rings. The smallest absolute Gasteiger partial charge is 0.326 e. The first-order valence-electron chi connectivity index (χ1n) is 6.96. The quantitative estimate of drug-likeness (QED) is 0.828. The van der Waals surface area contributed by atoms with Crippen molar-refractivity contribution in [1.29, 1.82) is 0 Å². The van der Waals surface area contributed by atoms with Crippen molar-refractivity contribution in [3.63, 3.8) is 0 Å². The first-order chi connectivity index (χ1) is 10.0. The number of carbonyl (C=O) groups is 2. The number of carboxylic acids is 1. The van der Waals surface area contributed by atoms with E-state index in [1.807, 2.05) is 18.2 Å². The molecule has 1 saturated heterocycles. The van der Waals surface area contributed by atoms with Crippen LogP contribution in [-0.2, 0) is 9.59 Å². The number of aliphatic carboxylic acids is 1. The van der Waals surface area contributed by atoms with Gasteiger partial charge in [-0.05, 0) is 31.4 Å². The van der Waals surface area contributed by atoms with Gasteiger partial charge in [-0.2, -0.15) is 0 Å². The summed E-state index contributed by atoms with van der Waals surface area (Å²) in [6.07, 6.45) is 1.77. The molecule has 0 bridgehead atoms. The number of amides is 1. The molecule has 1 amide bonds. The molecule has 0 aliphatic carbocycles. The van der Waals surface area contributed by atoms with Crippen LogP contribution in [0.15, 0.2) is 42.0 Å². The molecule has 1 aromatic rings. The standard InChI is InChI=1S/C16H19NO4/c1-11(10-14(18)12-6-3-2-4-7-12)15(19)17-9-5-8-13(17)16(20)21/h2-4,6-7,10,13-14,18H,5,8-9H2,1H3,(H,20,21)/b11-10+/t13-,14+/m0/s1. The van der Waals surface area contributed by atoms with Crippen LogP contribution < -0.4 is 0 Å². The van der Waals surface area contributed by atoms with Crippen LogP contribution in [0.4, 0.5) is 0 Å². The van der Waals surface area contributed by atoms with Gasteiger partial charge < -0.3 is 15.1 Å². The lowest BCUT2D eigenvalue weighted by Crippen LogP contribution is -2.40. The first kappa shape index (κ1) is 15.3. The Morgan fingerprint density at radius 3 is 2.62 bits per heavy atom. The van der Waals surface area contributed by atoms with E-state index in [9.17, 15) is 14.7 Å². The summed E-state index contributed by atoms with van der Waals surface area (Å²) in [6, 6.07) is 8.26. The molecule has 0 spiro atoms. The van der Waals surface area contributed by atoms with E-state index in [-0.39, 0.29) is 5.91 Å². The Hall–Kier alpha value is -2.14. The SMILES string of the molecule is C/C(=C\[C@@H](O)c1ccccc1)C(=O)N1CCC[C@H]1C(=O)O. The summed E-state index contributed by atoms with van der Waals surface area (Å²) >= 11 is 0. The average Bonchev–Trinajstić information content (AvgIpc) is 2.96. The zero-order chi connectivity index (χ0) is 15.4. The second-order valence-electron chi connectivity index (χ2n) is 5.20. The monoisotopic (exact) mass is 289 g/mol. The maximum Gasteiger partial charge on any atom is 0.326 e. The highest BCUT2D eigenvalue weighted by atomic mass is 16.4. The minimum absolute atomic E-state index is 0.324. The third-order valence-electron chi connectivity index (χ3n) is 3.69. The Morgan fingerprint density at radius 1 is 1.33 bits per heavy atom. The molecular formula is C16H19NO4. The number of benzene rings is 1. The summed E-state index contributed by atoms with van der Waals surface area (Å²) in [4.78, 5) is 24.8. The van der Waals surface area contributed by atoms with Crippen molar-refractivity contribution in [1.82, 2.24) is 4.90 Å². The van der Waals surface area contributed by atoms with Crippen LogP contribution in [-0.4, -0.2) is 39.6 Å². The largest absolute Gasteiger partial charge is 0.480 e. The normalized spacial score (nSPS) is 20.4. The van der Waals surface area contributed by atoms with Crippen LogP contribution in [0, 0.1) is 0 Å². The molecular weight excluding hydrogens is 270 g/mol. The van der Waals surface area contributed by atoms with Gasteiger partial charge in [-0.3, -0.25) is 4.79 Å².